The van der Waals surface area contributed by atoms with Gasteiger partial charge in [-0.15, -0.1) is 0 Å². The van der Waals surface area contributed by atoms with Crippen LogP contribution in [0.2, 0.25) is 0 Å². The number of hydrogen-bond donors (Lipinski definition) is 0. The molecule has 0 bridgehead atoms. The van der Waals surface area contributed by atoms with E-state index in [1.54, 1.807) is 0 Å². The Morgan fingerprint density at radius 1 is 0.677 bits per heavy atom. The number of carbonyl (C=O) groups is 2. The second kappa shape index (κ2) is 9.17. The first kappa shape index (κ1) is 20.9. The molecule has 4 nitrogen and oxygen atoms in total. The van der Waals surface area contributed by atoms with Gasteiger partial charge in [-0.1, -0.05) is 66.7 Å². The molecule has 0 saturated carbocycles. The maximum Gasteiger partial charge on any atom is 0.253 e. The third-order valence-electron chi connectivity index (χ3n) is 6.15. The van der Waals surface area contributed by atoms with Crippen molar-refractivity contribution in [1.29, 1.82) is 0 Å². The highest BCUT2D eigenvalue weighted by Gasteiger charge is 2.31. The highest BCUT2D eigenvalue weighted by molar-refractivity contribution is 5.95. The third-order valence-corrected chi connectivity index (χ3v) is 6.15. The summed E-state index contributed by atoms with van der Waals surface area (Å²) >= 11 is 0. The second-order valence-electron chi connectivity index (χ2n) is 8.17. The van der Waals surface area contributed by atoms with Gasteiger partial charge in [0, 0.05) is 31.7 Å². The van der Waals surface area contributed by atoms with Crippen molar-refractivity contribution in [3.63, 3.8) is 0 Å². The van der Waals surface area contributed by atoms with Crippen molar-refractivity contribution in [2.75, 3.05) is 26.2 Å². The molecule has 4 rings (SSSR count). The smallest absolute Gasteiger partial charge is 0.253 e. The van der Waals surface area contributed by atoms with Crippen LogP contribution in [0.4, 0.5) is 0 Å². The van der Waals surface area contributed by atoms with Crippen LogP contribution in [0.5, 0.6) is 0 Å². The molecule has 0 aliphatic carbocycles. The van der Waals surface area contributed by atoms with E-state index in [-0.39, 0.29) is 17.7 Å². The minimum atomic E-state index is -0.329. The number of hydrogen-bond acceptors (Lipinski definition) is 2. The summed E-state index contributed by atoms with van der Waals surface area (Å²) in [5, 5.41) is 0. The lowest BCUT2D eigenvalue weighted by molar-refractivity contribution is -0.133. The second-order valence-corrected chi connectivity index (χ2v) is 8.17. The molecule has 0 radical (unpaired) electrons. The number of rotatable bonds is 4. The normalized spacial score (nSPS) is 14.0. The lowest BCUT2D eigenvalue weighted by Gasteiger charge is -2.36. The maximum absolute atomic E-state index is 13.6. The van der Waals surface area contributed by atoms with Gasteiger partial charge >= 0.3 is 0 Å². The van der Waals surface area contributed by atoms with E-state index in [4.69, 9.17) is 0 Å². The Morgan fingerprint density at radius 2 is 1.19 bits per heavy atom. The summed E-state index contributed by atoms with van der Waals surface area (Å²) in [4.78, 5) is 30.2. The molecular formula is C27H28N2O2. The van der Waals surface area contributed by atoms with Gasteiger partial charge in [0.25, 0.3) is 5.91 Å². The molecule has 1 fully saturated rings. The van der Waals surface area contributed by atoms with Crippen LogP contribution in [-0.2, 0) is 4.79 Å². The quantitative estimate of drug-likeness (QED) is 0.636. The van der Waals surface area contributed by atoms with Gasteiger partial charge in [0.1, 0.15) is 0 Å². The highest BCUT2D eigenvalue weighted by Crippen LogP contribution is 2.27. The lowest BCUT2D eigenvalue weighted by Crippen LogP contribution is -2.51. The Morgan fingerprint density at radius 3 is 1.71 bits per heavy atom. The molecule has 1 aliphatic rings. The van der Waals surface area contributed by atoms with Crippen molar-refractivity contribution >= 4 is 11.8 Å². The Bertz CT molecular complexity index is 1020. The average Bonchev–Trinajstić information content (AvgIpc) is 2.82. The van der Waals surface area contributed by atoms with Crippen LogP contribution in [0.15, 0.2) is 78.9 Å². The van der Waals surface area contributed by atoms with E-state index in [9.17, 15) is 9.59 Å². The van der Waals surface area contributed by atoms with Gasteiger partial charge in [-0.2, -0.15) is 0 Å². The van der Waals surface area contributed by atoms with E-state index >= 15 is 0 Å². The van der Waals surface area contributed by atoms with Gasteiger partial charge in [-0.25, -0.2) is 0 Å². The molecule has 3 aromatic rings. The summed E-state index contributed by atoms with van der Waals surface area (Å²) in [6, 6.07) is 25.7. The fourth-order valence-electron chi connectivity index (χ4n) is 4.14. The van der Waals surface area contributed by atoms with Crippen LogP contribution in [0.25, 0.3) is 0 Å². The minimum Gasteiger partial charge on any atom is -0.338 e. The monoisotopic (exact) mass is 412 g/mol. The largest absolute Gasteiger partial charge is 0.338 e. The van der Waals surface area contributed by atoms with Gasteiger partial charge < -0.3 is 9.80 Å². The summed E-state index contributed by atoms with van der Waals surface area (Å²) in [7, 11) is 0. The van der Waals surface area contributed by atoms with Crippen molar-refractivity contribution in [2.24, 2.45) is 0 Å². The maximum atomic E-state index is 13.6. The van der Waals surface area contributed by atoms with Crippen molar-refractivity contribution in [1.82, 2.24) is 9.80 Å². The molecule has 0 N–H and O–H groups in total. The molecule has 158 valence electrons. The molecule has 0 spiro atoms. The van der Waals surface area contributed by atoms with Crippen molar-refractivity contribution in [3.05, 3.63) is 107 Å². The molecular weight excluding hydrogens is 384 g/mol. The molecule has 3 aromatic carbocycles. The topological polar surface area (TPSA) is 40.6 Å². The Kier molecular flexibility index (Phi) is 6.17. The lowest BCUT2D eigenvalue weighted by atomic mass is 9.90. The fourth-order valence-corrected chi connectivity index (χ4v) is 4.14. The predicted octanol–water partition coefficient (Wildman–Crippen LogP) is 4.42. The Balaban J connectivity index is 1.48. The molecule has 0 unspecified atom stereocenters. The van der Waals surface area contributed by atoms with Gasteiger partial charge in [0.2, 0.25) is 5.91 Å². The van der Waals surface area contributed by atoms with E-state index in [1.807, 2.05) is 103 Å². The van der Waals surface area contributed by atoms with Crippen LogP contribution in [0.1, 0.15) is 38.5 Å². The van der Waals surface area contributed by atoms with Crippen molar-refractivity contribution < 1.29 is 9.59 Å². The molecule has 4 heteroatoms. The fraction of sp³-hybridized carbons (Fsp3) is 0.259. The molecule has 0 aromatic heterocycles. The summed E-state index contributed by atoms with van der Waals surface area (Å²) < 4.78 is 0. The van der Waals surface area contributed by atoms with Crippen LogP contribution in [0, 0.1) is 13.8 Å². The average molecular weight is 413 g/mol. The van der Waals surface area contributed by atoms with Gasteiger partial charge in [0.05, 0.1) is 5.92 Å². The Hall–Kier alpha value is -3.40. The first-order valence-electron chi connectivity index (χ1n) is 10.8. The SMILES string of the molecule is Cc1ccc(C(=O)N2CCN(C(=O)C(c3ccccc3)c3ccccc3)CC2)cc1C. The first-order valence-corrected chi connectivity index (χ1v) is 10.8. The third kappa shape index (κ3) is 4.53. The number of aryl methyl sites for hydroxylation is 2. The molecule has 31 heavy (non-hydrogen) atoms. The highest BCUT2D eigenvalue weighted by atomic mass is 16.2. The van der Waals surface area contributed by atoms with Gasteiger partial charge in [-0.3, -0.25) is 9.59 Å². The zero-order valence-corrected chi connectivity index (χ0v) is 18.1. The molecule has 1 saturated heterocycles. The number of amides is 2. The summed E-state index contributed by atoms with van der Waals surface area (Å²) in [6.45, 7) is 6.26. The van der Waals surface area contributed by atoms with E-state index in [0.717, 1.165) is 16.7 Å². The number of benzene rings is 3. The standard InChI is InChI=1S/C27H28N2O2/c1-20-13-14-24(19-21(20)2)26(30)28-15-17-29(18-16-28)27(31)25(22-9-5-3-6-10-22)23-11-7-4-8-12-23/h3-14,19,25H,15-18H2,1-2H3. The van der Waals surface area contributed by atoms with Gasteiger partial charge in [-0.05, 0) is 48.2 Å². The number of nitrogens with zero attached hydrogens (tertiary/aromatic N) is 2. The van der Waals surface area contributed by atoms with E-state index in [2.05, 4.69) is 0 Å². The van der Waals surface area contributed by atoms with Crippen LogP contribution >= 0.6 is 0 Å². The number of piperazine rings is 1. The summed E-state index contributed by atoms with van der Waals surface area (Å²) in [6.07, 6.45) is 0. The number of carbonyl (C=O) groups excluding carboxylic acids is 2. The van der Waals surface area contributed by atoms with Crippen molar-refractivity contribution in [3.8, 4) is 0 Å². The zero-order chi connectivity index (χ0) is 21.8. The molecule has 0 atom stereocenters. The van der Waals surface area contributed by atoms with Crippen LogP contribution < -0.4 is 0 Å². The van der Waals surface area contributed by atoms with E-state index < -0.39 is 0 Å². The predicted molar refractivity (Wildman–Crippen MR) is 123 cm³/mol. The molecule has 1 aliphatic heterocycles. The van der Waals surface area contributed by atoms with E-state index in [0.29, 0.717) is 31.7 Å². The summed E-state index contributed by atoms with van der Waals surface area (Å²) in [5.41, 5.74) is 5.00. The summed E-state index contributed by atoms with van der Waals surface area (Å²) in [5.74, 6) is -0.196. The first-order chi connectivity index (χ1) is 15.0. The van der Waals surface area contributed by atoms with Crippen molar-refractivity contribution in [2.45, 2.75) is 19.8 Å². The molecule has 1 heterocycles. The minimum absolute atomic E-state index is 0.0397. The van der Waals surface area contributed by atoms with Gasteiger partial charge in [0.15, 0.2) is 0 Å². The Labute approximate surface area is 184 Å². The van der Waals surface area contributed by atoms with Crippen LogP contribution in [-0.4, -0.2) is 47.8 Å². The van der Waals surface area contributed by atoms with Crippen LogP contribution in [0.3, 0.4) is 0 Å². The van der Waals surface area contributed by atoms with E-state index in [1.165, 1.54) is 5.56 Å². The zero-order valence-electron chi connectivity index (χ0n) is 18.1. The molecule has 2 amide bonds.